The number of anilines is 2. The molecule has 3 amide bonds. The molecule has 3 saturated heterocycles. The molecule has 1 N–H and O–H groups in total. The number of imide groups is 1. The number of nitro benzene ring substituents is 1. The van der Waals surface area contributed by atoms with Crippen LogP contribution in [0, 0.1) is 34.7 Å². The highest BCUT2D eigenvalue weighted by molar-refractivity contribution is 6.26. The van der Waals surface area contributed by atoms with Crippen molar-refractivity contribution in [3.05, 3.63) is 63.5 Å². The molecule has 4 aliphatic rings. The smallest absolute Gasteiger partial charge is 0.269 e. The Labute approximate surface area is 187 Å². The zero-order valence-corrected chi connectivity index (χ0v) is 17.6. The molecular weight excluding hydrogens is 431 g/mol. The molecule has 0 radical (unpaired) electrons. The first-order valence-electron chi connectivity index (χ1n) is 10.8. The summed E-state index contributed by atoms with van der Waals surface area (Å²) in [5, 5.41) is 13.9. The summed E-state index contributed by atoms with van der Waals surface area (Å²) in [5.41, 5.74) is -0.103. The predicted octanol–water partition coefficient (Wildman–Crippen LogP) is 2.47. The van der Waals surface area contributed by atoms with Gasteiger partial charge in [-0.15, -0.1) is 0 Å². The van der Waals surface area contributed by atoms with Gasteiger partial charge in [-0.2, -0.15) is 0 Å². The lowest BCUT2D eigenvalue weighted by Crippen LogP contribution is -2.54. The Kier molecular flexibility index (Phi) is 3.90. The fourth-order valence-electron chi connectivity index (χ4n) is 6.42. The van der Waals surface area contributed by atoms with Crippen molar-refractivity contribution in [3.63, 3.8) is 0 Å². The minimum absolute atomic E-state index is 0.145. The van der Waals surface area contributed by atoms with Crippen LogP contribution in [0.15, 0.2) is 36.4 Å². The fraction of sp³-hybridized carbons (Fsp3) is 0.348. The van der Waals surface area contributed by atoms with Crippen LogP contribution < -0.4 is 10.2 Å². The van der Waals surface area contributed by atoms with Crippen LogP contribution in [0.5, 0.6) is 0 Å². The molecule has 33 heavy (non-hydrogen) atoms. The number of non-ortho nitro benzene ring substituents is 1. The number of hydrogen-bond donors (Lipinski definition) is 1. The molecule has 2 aromatic rings. The number of carbonyl (C=O) groups excluding carboxylic acids is 3. The number of fused-ring (bicyclic) bond motifs is 7. The second-order valence-corrected chi connectivity index (χ2v) is 9.06. The van der Waals surface area contributed by atoms with Crippen LogP contribution in [0.2, 0.25) is 0 Å². The third-order valence-corrected chi connectivity index (χ3v) is 7.59. The van der Waals surface area contributed by atoms with Gasteiger partial charge in [0.2, 0.25) is 17.7 Å². The van der Waals surface area contributed by atoms with Crippen LogP contribution >= 0.6 is 0 Å². The number of nitrogens with zero attached hydrogens (tertiary/aromatic N) is 3. The van der Waals surface area contributed by atoms with E-state index in [1.54, 1.807) is 6.92 Å². The third-order valence-electron chi connectivity index (χ3n) is 7.59. The number of rotatable bonds is 2. The van der Waals surface area contributed by atoms with E-state index in [9.17, 15) is 28.9 Å². The topological polar surface area (TPSA) is 113 Å². The second-order valence-electron chi connectivity index (χ2n) is 9.06. The van der Waals surface area contributed by atoms with E-state index in [2.05, 4.69) is 5.32 Å². The highest BCUT2D eigenvalue weighted by Gasteiger charge is 2.74. The number of halogens is 1. The standard InChI is InChI=1S/C23H19FN4O5/c1-11-9-13(28(32)33)5-7-16(11)27-20(29)18-17-3-2-8-26(17)23(19(18)21(27)30)14-10-12(24)4-6-15(14)25-22(23)31/h4-7,9-10,17-19H,2-3,8H2,1H3,(H,25,31)/t17-,18+,19-,23+/m0/s1. The summed E-state index contributed by atoms with van der Waals surface area (Å²) in [7, 11) is 0. The second kappa shape index (κ2) is 6.44. The van der Waals surface area contributed by atoms with Crippen molar-refractivity contribution in [2.45, 2.75) is 31.3 Å². The molecule has 0 saturated carbocycles. The van der Waals surface area contributed by atoms with Gasteiger partial charge < -0.3 is 5.32 Å². The summed E-state index contributed by atoms with van der Waals surface area (Å²) in [4.78, 5) is 54.6. The van der Waals surface area contributed by atoms with E-state index in [4.69, 9.17) is 0 Å². The molecule has 4 aliphatic heterocycles. The SMILES string of the molecule is Cc1cc([N+](=O)[O-])ccc1N1C(=O)[C@H]2[C@@H](C1=O)[C@]1(C(=O)Nc3ccc(F)cc31)N1CCC[C@@H]21. The number of aryl methyl sites for hydroxylation is 1. The van der Waals surface area contributed by atoms with Gasteiger partial charge in [-0.3, -0.25) is 29.4 Å². The minimum atomic E-state index is -1.46. The van der Waals surface area contributed by atoms with Crippen molar-refractivity contribution in [3.8, 4) is 0 Å². The highest BCUT2D eigenvalue weighted by atomic mass is 19.1. The number of carbonyl (C=O) groups is 3. The summed E-state index contributed by atoms with van der Waals surface area (Å²) >= 11 is 0. The van der Waals surface area contributed by atoms with E-state index in [-0.39, 0.29) is 17.4 Å². The number of nitro groups is 1. The van der Waals surface area contributed by atoms with Crippen LogP contribution in [0.4, 0.5) is 21.5 Å². The zero-order valence-electron chi connectivity index (χ0n) is 17.6. The van der Waals surface area contributed by atoms with Gasteiger partial charge in [0.15, 0.2) is 0 Å². The first-order chi connectivity index (χ1) is 15.8. The summed E-state index contributed by atoms with van der Waals surface area (Å²) in [6.07, 6.45) is 1.40. The fourth-order valence-corrected chi connectivity index (χ4v) is 6.42. The van der Waals surface area contributed by atoms with Gasteiger partial charge in [-0.05, 0) is 56.1 Å². The molecular formula is C23H19FN4O5. The Balaban J connectivity index is 1.53. The highest BCUT2D eigenvalue weighted by Crippen LogP contribution is 2.60. The molecule has 0 bridgehead atoms. The lowest BCUT2D eigenvalue weighted by atomic mass is 9.75. The Morgan fingerprint density at radius 1 is 1.15 bits per heavy atom. The molecule has 2 aromatic carbocycles. The van der Waals surface area contributed by atoms with Gasteiger partial charge in [0.25, 0.3) is 5.69 Å². The van der Waals surface area contributed by atoms with Crippen LogP contribution in [-0.2, 0) is 19.9 Å². The quantitative estimate of drug-likeness (QED) is 0.427. The number of benzene rings is 2. The average Bonchev–Trinajstić information content (AvgIpc) is 3.47. The van der Waals surface area contributed by atoms with E-state index in [1.165, 1.54) is 36.4 Å². The van der Waals surface area contributed by atoms with Crippen LogP contribution in [0.25, 0.3) is 0 Å². The number of amides is 3. The van der Waals surface area contributed by atoms with Gasteiger partial charge in [-0.25, -0.2) is 9.29 Å². The first-order valence-corrected chi connectivity index (χ1v) is 10.8. The predicted molar refractivity (Wildman–Crippen MR) is 114 cm³/mol. The Morgan fingerprint density at radius 2 is 1.94 bits per heavy atom. The Morgan fingerprint density at radius 3 is 2.67 bits per heavy atom. The van der Waals surface area contributed by atoms with Gasteiger partial charge in [0.1, 0.15) is 11.4 Å². The maximum absolute atomic E-state index is 14.3. The molecule has 3 fully saturated rings. The van der Waals surface area contributed by atoms with Crippen molar-refractivity contribution in [1.82, 2.24) is 4.90 Å². The van der Waals surface area contributed by atoms with Gasteiger partial charge in [-0.1, -0.05) is 0 Å². The summed E-state index contributed by atoms with van der Waals surface area (Å²) in [6.45, 7) is 2.12. The average molecular weight is 450 g/mol. The molecule has 6 rings (SSSR count). The minimum Gasteiger partial charge on any atom is -0.324 e. The van der Waals surface area contributed by atoms with Crippen molar-refractivity contribution < 1.29 is 23.7 Å². The summed E-state index contributed by atoms with van der Waals surface area (Å²) < 4.78 is 14.3. The first kappa shape index (κ1) is 20.0. The Bertz CT molecular complexity index is 1300. The molecule has 10 heteroatoms. The monoisotopic (exact) mass is 450 g/mol. The summed E-state index contributed by atoms with van der Waals surface area (Å²) in [5.74, 6) is -3.67. The maximum Gasteiger partial charge on any atom is 0.269 e. The van der Waals surface area contributed by atoms with Crippen LogP contribution in [0.3, 0.4) is 0 Å². The lowest BCUT2D eigenvalue weighted by Gasteiger charge is -2.36. The summed E-state index contributed by atoms with van der Waals surface area (Å²) in [6, 6.07) is 7.65. The zero-order chi connectivity index (χ0) is 23.2. The normalized spacial score (nSPS) is 30.1. The van der Waals surface area contributed by atoms with Crippen molar-refractivity contribution in [1.29, 1.82) is 0 Å². The lowest BCUT2D eigenvalue weighted by molar-refractivity contribution is -0.384. The molecule has 9 nitrogen and oxygen atoms in total. The molecule has 168 valence electrons. The number of nitrogens with one attached hydrogen (secondary N) is 1. The van der Waals surface area contributed by atoms with Crippen molar-refractivity contribution >= 4 is 34.8 Å². The van der Waals surface area contributed by atoms with E-state index < -0.39 is 45.8 Å². The van der Waals surface area contributed by atoms with E-state index in [0.29, 0.717) is 29.8 Å². The van der Waals surface area contributed by atoms with Crippen LogP contribution in [-0.4, -0.2) is 40.1 Å². The Hall–Kier alpha value is -3.66. The maximum atomic E-state index is 14.3. The van der Waals surface area contributed by atoms with Gasteiger partial charge in [0.05, 0.1) is 22.4 Å². The van der Waals surface area contributed by atoms with E-state index in [1.807, 2.05) is 4.90 Å². The molecule has 0 unspecified atom stereocenters. The van der Waals surface area contributed by atoms with E-state index in [0.717, 1.165) is 11.3 Å². The molecule has 4 heterocycles. The largest absolute Gasteiger partial charge is 0.324 e. The van der Waals surface area contributed by atoms with Crippen molar-refractivity contribution in [2.24, 2.45) is 11.8 Å². The van der Waals surface area contributed by atoms with E-state index >= 15 is 0 Å². The number of hydrogen-bond acceptors (Lipinski definition) is 6. The van der Waals surface area contributed by atoms with Crippen molar-refractivity contribution in [2.75, 3.05) is 16.8 Å². The molecule has 0 aliphatic carbocycles. The van der Waals surface area contributed by atoms with Gasteiger partial charge >= 0.3 is 0 Å². The molecule has 4 atom stereocenters. The van der Waals surface area contributed by atoms with Gasteiger partial charge in [0, 0.05) is 29.4 Å². The molecule has 1 spiro atoms. The third kappa shape index (κ3) is 2.31. The van der Waals surface area contributed by atoms with Crippen LogP contribution in [0.1, 0.15) is 24.0 Å². The molecule has 0 aromatic heterocycles.